The van der Waals surface area contributed by atoms with Gasteiger partial charge in [0.1, 0.15) is 4.60 Å². The molecule has 0 saturated heterocycles. The van der Waals surface area contributed by atoms with Crippen LogP contribution in [-0.2, 0) is 0 Å². The molecular weight excluding hydrogens is 236 g/mol. The second-order valence-electron chi connectivity index (χ2n) is 1.90. The SMILES string of the molecule is O=C(O)c1cc(F)c(F)nc1Br. The van der Waals surface area contributed by atoms with Crippen molar-refractivity contribution in [3.8, 4) is 0 Å². The van der Waals surface area contributed by atoms with E-state index in [4.69, 9.17) is 5.11 Å². The molecule has 0 amide bonds. The van der Waals surface area contributed by atoms with Crippen molar-refractivity contribution in [1.29, 1.82) is 0 Å². The zero-order valence-electron chi connectivity index (χ0n) is 5.51. The molecule has 0 atom stereocenters. The van der Waals surface area contributed by atoms with Crippen LogP contribution in [0.5, 0.6) is 0 Å². The fraction of sp³-hybridized carbons (Fsp3) is 0. The molecule has 1 aromatic heterocycles. The van der Waals surface area contributed by atoms with Crippen LogP contribution in [0.2, 0.25) is 0 Å². The van der Waals surface area contributed by atoms with Gasteiger partial charge in [-0.1, -0.05) is 0 Å². The van der Waals surface area contributed by atoms with Crippen LogP contribution in [0.3, 0.4) is 0 Å². The minimum absolute atomic E-state index is 0.228. The summed E-state index contributed by atoms with van der Waals surface area (Å²) in [4.78, 5) is 13.3. The Balaban J connectivity index is 3.33. The van der Waals surface area contributed by atoms with Crippen molar-refractivity contribution >= 4 is 21.9 Å². The van der Waals surface area contributed by atoms with E-state index in [0.717, 1.165) is 0 Å². The second kappa shape index (κ2) is 3.14. The van der Waals surface area contributed by atoms with Gasteiger partial charge in [-0.15, -0.1) is 0 Å². The summed E-state index contributed by atoms with van der Waals surface area (Å²) in [5.41, 5.74) is -0.408. The van der Waals surface area contributed by atoms with E-state index in [1.165, 1.54) is 0 Å². The molecular formula is C6H2BrF2NO2. The Bertz CT molecular complexity index is 343. The lowest BCUT2D eigenvalue weighted by Crippen LogP contribution is -2.02. The maximum absolute atomic E-state index is 12.4. The van der Waals surface area contributed by atoms with Gasteiger partial charge in [0.15, 0.2) is 5.82 Å². The lowest BCUT2D eigenvalue weighted by Gasteiger charge is -1.97. The number of carbonyl (C=O) groups is 1. The first kappa shape index (κ1) is 9.05. The highest BCUT2D eigenvalue weighted by molar-refractivity contribution is 9.10. The van der Waals surface area contributed by atoms with Crippen LogP contribution in [0, 0.1) is 11.8 Å². The molecule has 64 valence electrons. The van der Waals surface area contributed by atoms with Crippen LogP contribution in [-0.4, -0.2) is 16.1 Å². The molecule has 1 N–H and O–H groups in total. The Hall–Kier alpha value is -1.04. The third kappa shape index (κ3) is 1.58. The Morgan fingerprint density at radius 2 is 2.17 bits per heavy atom. The minimum atomic E-state index is -1.37. The summed E-state index contributed by atoms with van der Waals surface area (Å²) in [6, 6.07) is 0.564. The molecule has 0 aromatic carbocycles. The summed E-state index contributed by atoms with van der Waals surface area (Å²) < 4.78 is 24.5. The number of aromatic carboxylic acids is 1. The largest absolute Gasteiger partial charge is 0.478 e. The zero-order chi connectivity index (χ0) is 9.30. The molecule has 0 unspecified atom stereocenters. The molecule has 1 heterocycles. The monoisotopic (exact) mass is 237 g/mol. The molecule has 6 heteroatoms. The molecule has 0 spiro atoms. The average molecular weight is 238 g/mol. The van der Waals surface area contributed by atoms with Crippen LogP contribution >= 0.6 is 15.9 Å². The summed E-state index contributed by atoms with van der Waals surface area (Å²) in [5, 5.41) is 8.42. The summed E-state index contributed by atoms with van der Waals surface area (Å²) >= 11 is 2.68. The lowest BCUT2D eigenvalue weighted by molar-refractivity contribution is 0.0694. The molecule has 12 heavy (non-hydrogen) atoms. The van der Waals surface area contributed by atoms with Gasteiger partial charge in [0, 0.05) is 0 Å². The number of hydrogen-bond acceptors (Lipinski definition) is 2. The Kier molecular flexibility index (Phi) is 2.37. The molecule has 0 aliphatic heterocycles. The van der Waals surface area contributed by atoms with Gasteiger partial charge in [0.05, 0.1) is 5.56 Å². The third-order valence-electron chi connectivity index (χ3n) is 1.12. The summed E-state index contributed by atoms with van der Waals surface area (Å²) in [6.07, 6.45) is 0. The van der Waals surface area contributed by atoms with Gasteiger partial charge in [0.2, 0.25) is 5.95 Å². The highest BCUT2D eigenvalue weighted by Gasteiger charge is 2.14. The van der Waals surface area contributed by atoms with Gasteiger partial charge < -0.3 is 5.11 Å². The number of rotatable bonds is 1. The smallest absolute Gasteiger partial charge is 0.338 e. The fourth-order valence-electron chi connectivity index (χ4n) is 0.596. The number of aromatic nitrogens is 1. The summed E-state index contributed by atoms with van der Waals surface area (Å²) in [5.74, 6) is -3.98. The van der Waals surface area contributed by atoms with Crippen LogP contribution in [0.4, 0.5) is 8.78 Å². The first-order chi connectivity index (χ1) is 5.52. The normalized spacial score (nSPS) is 9.92. The van der Waals surface area contributed by atoms with E-state index in [9.17, 15) is 13.6 Å². The van der Waals surface area contributed by atoms with Crippen LogP contribution in [0.15, 0.2) is 10.7 Å². The fourth-order valence-corrected chi connectivity index (χ4v) is 1.04. The molecule has 1 rings (SSSR count). The van der Waals surface area contributed by atoms with E-state index >= 15 is 0 Å². The van der Waals surface area contributed by atoms with Gasteiger partial charge in [-0.05, 0) is 22.0 Å². The maximum Gasteiger partial charge on any atom is 0.338 e. The molecule has 3 nitrogen and oxygen atoms in total. The van der Waals surface area contributed by atoms with E-state index in [1.54, 1.807) is 0 Å². The number of carboxylic acids is 1. The van der Waals surface area contributed by atoms with Gasteiger partial charge in [-0.25, -0.2) is 14.2 Å². The molecule has 0 bridgehead atoms. The van der Waals surface area contributed by atoms with Crippen LogP contribution < -0.4 is 0 Å². The van der Waals surface area contributed by atoms with E-state index in [2.05, 4.69) is 20.9 Å². The average Bonchev–Trinajstić information content (AvgIpc) is 1.96. The number of carboxylic acid groups (broad SMARTS) is 1. The van der Waals surface area contributed by atoms with Crippen molar-refractivity contribution in [2.45, 2.75) is 0 Å². The molecule has 0 radical (unpaired) electrons. The quantitative estimate of drug-likeness (QED) is 0.759. The summed E-state index contributed by atoms with van der Waals surface area (Å²) in [7, 11) is 0. The molecule has 0 saturated carbocycles. The van der Waals surface area contributed by atoms with Crippen molar-refractivity contribution in [2.75, 3.05) is 0 Å². The van der Waals surface area contributed by atoms with E-state index in [-0.39, 0.29) is 4.60 Å². The molecule has 1 aromatic rings. The molecule has 0 aliphatic carbocycles. The highest BCUT2D eigenvalue weighted by atomic mass is 79.9. The van der Waals surface area contributed by atoms with E-state index in [1.807, 2.05) is 0 Å². The Morgan fingerprint density at radius 1 is 1.58 bits per heavy atom. The number of nitrogens with zero attached hydrogens (tertiary/aromatic N) is 1. The van der Waals surface area contributed by atoms with E-state index < -0.39 is 23.3 Å². The van der Waals surface area contributed by atoms with Gasteiger partial charge in [0.25, 0.3) is 0 Å². The predicted molar refractivity (Wildman–Crippen MR) is 38.8 cm³/mol. The predicted octanol–water partition coefficient (Wildman–Crippen LogP) is 1.82. The number of pyridine rings is 1. The van der Waals surface area contributed by atoms with Crippen LogP contribution in [0.25, 0.3) is 0 Å². The highest BCUT2D eigenvalue weighted by Crippen LogP contribution is 2.16. The Labute approximate surface area is 74.2 Å². The third-order valence-corrected chi connectivity index (χ3v) is 1.72. The first-order valence-corrected chi connectivity index (χ1v) is 3.56. The van der Waals surface area contributed by atoms with Crippen molar-refractivity contribution in [2.24, 2.45) is 0 Å². The number of halogens is 3. The first-order valence-electron chi connectivity index (χ1n) is 2.77. The van der Waals surface area contributed by atoms with Crippen molar-refractivity contribution in [3.63, 3.8) is 0 Å². The van der Waals surface area contributed by atoms with Gasteiger partial charge >= 0.3 is 5.97 Å². The molecule has 0 aliphatic rings. The van der Waals surface area contributed by atoms with Crippen molar-refractivity contribution in [1.82, 2.24) is 4.98 Å². The minimum Gasteiger partial charge on any atom is -0.478 e. The Morgan fingerprint density at radius 3 is 2.67 bits per heavy atom. The van der Waals surface area contributed by atoms with Crippen molar-refractivity contribution < 1.29 is 18.7 Å². The van der Waals surface area contributed by atoms with Gasteiger partial charge in [-0.2, -0.15) is 4.39 Å². The maximum atomic E-state index is 12.4. The topological polar surface area (TPSA) is 50.2 Å². The second-order valence-corrected chi connectivity index (χ2v) is 2.66. The summed E-state index contributed by atoms with van der Waals surface area (Å²) in [6.45, 7) is 0. The standard InChI is InChI=1S/C6H2BrF2NO2/c7-4-2(6(11)12)1-3(8)5(9)10-4/h1H,(H,11,12). The zero-order valence-corrected chi connectivity index (χ0v) is 7.10. The lowest BCUT2D eigenvalue weighted by atomic mass is 10.3. The van der Waals surface area contributed by atoms with Crippen LogP contribution in [0.1, 0.15) is 10.4 Å². The van der Waals surface area contributed by atoms with Gasteiger partial charge in [-0.3, -0.25) is 0 Å². The van der Waals surface area contributed by atoms with E-state index in [0.29, 0.717) is 6.07 Å². The molecule has 0 fully saturated rings. The van der Waals surface area contributed by atoms with Crippen molar-refractivity contribution in [3.05, 3.63) is 28.0 Å². The number of hydrogen-bond donors (Lipinski definition) is 1.